The maximum absolute atomic E-state index is 6.17. The third kappa shape index (κ3) is 8.97. The maximum Gasteiger partial charge on any atom is 0.120 e. The van der Waals surface area contributed by atoms with Crippen molar-refractivity contribution in [2.45, 2.75) is 51.6 Å². The first-order valence-corrected chi connectivity index (χ1v) is 10.3. The van der Waals surface area contributed by atoms with Crippen LogP contribution in [0.2, 0.25) is 0 Å². The van der Waals surface area contributed by atoms with E-state index in [0.717, 1.165) is 50.0 Å². The number of hydrogen-bond acceptors (Lipinski definition) is 6. The Balaban J connectivity index is 2.47. The maximum atomic E-state index is 6.17. The van der Waals surface area contributed by atoms with Crippen molar-refractivity contribution in [2.24, 2.45) is 28.1 Å². The van der Waals surface area contributed by atoms with Gasteiger partial charge in [0.15, 0.2) is 0 Å². The van der Waals surface area contributed by atoms with Crippen molar-refractivity contribution in [1.82, 2.24) is 10.9 Å². The molecule has 0 aromatic rings. The van der Waals surface area contributed by atoms with E-state index < -0.39 is 0 Å². The first kappa shape index (κ1) is 24.3. The van der Waals surface area contributed by atoms with Gasteiger partial charge < -0.3 is 21.9 Å². The molecule has 1 fully saturated rings. The Labute approximate surface area is 174 Å². The number of nitrogens with two attached hydrogens (primary N) is 3. The van der Waals surface area contributed by atoms with Gasteiger partial charge in [-0.2, -0.15) is 0 Å². The highest BCUT2D eigenvalue weighted by Crippen LogP contribution is 2.19. The number of allylic oxidation sites excluding steroid dienone is 1. The summed E-state index contributed by atoms with van der Waals surface area (Å²) >= 11 is 5.44. The van der Waals surface area contributed by atoms with E-state index in [1.807, 2.05) is 19.9 Å². The van der Waals surface area contributed by atoms with E-state index in [1.165, 1.54) is 0 Å². The predicted octanol–water partition coefficient (Wildman–Crippen LogP) is 1.66. The van der Waals surface area contributed by atoms with Crippen LogP contribution in [-0.2, 0) is 4.74 Å². The van der Waals surface area contributed by atoms with Gasteiger partial charge in [0.25, 0.3) is 0 Å². The van der Waals surface area contributed by atoms with Gasteiger partial charge in [-0.3, -0.25) is 15.8 Å². The summed E-state index contributed by atoms with van der Waals surface area (Å²) in [6, 6.07) is -0.158. The smallest absolute Gasteiger partial charge is 0.120 e. The zero-order chi connectivity index (χ0) is 20.9. The highest BCUT2D eigenvalue weighted by atomic mass is 32.1. The fraction of sp³-hybridized carbons (Fsp3) is 0.600. The van der Waals surface area contributed by atoms with Crippen LogP contribution in [0.4, 0.5) is 0 Å². The fourth-order valence-corrected chi connectivity index (χ4v) is 3.27. The van der Waals surface area contributed by atoms with Gasteiger partial charge in [-0.25, -0.2) is 0 Å². The molecule has 1 aliphatic rings. The monoisotopic (exact) mass is 408 g/mol. The molecular weight excluding hydrogens is 372 g/mol. The third-order valence-electron chi connectivity index (χ3n) is 4.70. The van der Waals surface area contributed by atoms with Crippen molar-refractivity contribution in [3.05, 3.63) is 35.6 Å². The van der Waals surface area contributed by atoms with Gasteiger partial charge in [0.1, 0.15) is 11.3 Å². The lowest BCUT2D eigenvalue weighted by Crippen LogP contribution is -2.37. The van der Waals surface area contributed by atoms with Crippen molar-refractivity contribution < 1.29 is 4.74 Å². The lowest BCUT2D eigenvalue weighted by molar-refractivity contribution is 0.0621. The summed E-state index contributed by atoms with van der Waals surface area (Å²) in [5, 5.41) is 0. The Morgan fingerprint density at radius 2 is 2.04 bits per heavy atom. The Bertz CT molecular complexity index is 594. The number of nitrogens with one attached hydrogen (secondary N) is 2. The Morgan fingerprint density at radius 3 is 2.61 bits per heavy atom. The SMILES string of the molecule is C=C/C(N)=C(\C=C(/CC)C(=S)NNC=NCC(N)CC1CCOCC1)C(C)N. The molecule has 1 heterocycles. The second-order valence-corrected chi connectivity index (χ2v) is 7.48. The van der Waals surface area contributed by atoms with E-state index in [2.05, 4.69) is 22.4 Å². The topological polar surface area (TPSA) is 124 Å². The molecule has 2 unspecified atom stereocenters. The number of hydrazine groups is 1. The number of ether oxygens (including phenoxy) is 1. The Kier molecular flexibility index (Phi) is 11.7. The minimum absolute atomic E-state index is 0.0554. The summed E-state index contributed by atoms with van der Waals surface area (Å²) in [5.41, 5.74) is 26.3. The number of nitrogens with zero attached hydrogens (tertiary/aromatic N) is 1. The lowest BCUT2D eigenvalue weighted by atomic mass is 9.93. The quantitative estimate of drug-likeness (QED) is 0.0879. The number of hydrogen-bond donors (Lipinski definition) is 5. The van der Waals surface area contributed by atoms with Crippen LogP contribution in [0.5, 0.6) is 0 Å². The van der Waals surface area contributed by atoms with Gasteiger partial charge in [0.05, 0.1) is 6.54 Å². The molecule has 8 heteroatoms. The van der Waals surface area contributed by atoms with Crippen LogP contribution < -0.4 is 28.1 Å². The van der Waals surface area contributed by atoms with Crippen molar-refractivity contribution in [3.63, 3.8) is 0 Å². The van der Waals surface area contributed by atoms with E-state index in [1.54, 1.807) is 12.4 Å². The molecule has 7 nitrogen and oxygen atoms in total. The van der Waals surface area contributed by atoms with E-state index in [9.17, 15) is 0 Å². The normalized spacial score (nSPS) is 19.1. The molecule has 0 aromatic carbocycles. The molecule has 0 radical (unpaired) electrons. The van der Waals surface area contributed by atoms with Gasteiger partial charge in [0.2, 0.25) is 0 Å². The highest BCUT2D eigenvalue weighted by molar-refractivity contribution is 7.80. The molecule has 1 saturated heterocycles. The van der Waals surface area contributed by atoms with Gasteiger partial charge in [-0.1, -0.05) is 25.7 Å². The van der Waals surface area contributed by atoms with Crippen LogP contribution in [0.3, 0.4) is 0 Å². The Morgan fingerprint density at radius 1 is 1.36 bits per heavy atom. The second kappa shape index (κ2) is 13.4. The zero-order valence-corrected chi connectivity index (χ0v) is 17.9. The number of rotatable bonds is 11. The zero-order valence-electron chi connectivity index (χ0n) is 17.1. The van der Waals surface area contributed by atoms with Crippen molar-refractivity contribution >= 4 is 23.5 Å². The molecule has 28 heavy (non-hydrogen) atoms. The molecule has 0 bridgehead atoms. The highest BCUT2D eigenvalue weighted by Gasteiger charge is 2.16. The van der Waals surface area contributed by atoms with Gasteiger partial charge in [-0.15, -0.1) is 0 Å². The molecule has 0 saturated carbocycles. The minimum atomic E-state index is -0.214. The average Bonchev–Trinajstić information content (AvgIpc) is 2.68. The van der Waals surface area contributed by atoms with Crippen LogP contribution in [0.1, 0.15) is 39.5 Å². The number of thiocarbonyl (C=S) groups is 1. The van der Waals surface area contributed by atoms with Gasteiger partial charge in [-0.05, 0) is 61.8 Å². The molecule has 0 spiro atoms. The molecule has 0 aliphatic carbocycles. The molecular formula is C20H36N6OS. The molecule has 8 N–H and O–H groups in total. The van der Waals surface area contributed by atoms with Crippen LogP contribution >= 0.6 is 12.2 Å². The summed E-state index contributed by atoms with van der Waals surface area (Å²) in [6.45, 7) is 9.85. The molecule has 158 valence electrons. The standard InChI is InChI=1S/C20H36N6OS/c1-4-16(11-18(14(3)21)19(23)5-2)20(28)26-25-13-24-12-17(22)10-15-6-8-27-9-7-15/h5,11,13-15,17H,2,4,6-10,12,21-23H2,1,3H3,(H,24,25)(H,26,28)/b16-11+,19-18-. The summed E-state index contributed by atoms with van der Waals surface area (Å²) < 4.78 is 5.37. The van der Waals surface area contributed by atoms with Crippen LogP contribution in [-0.4, -0.2) is 43.2 Å². The van der Waals surface area contributed by atoms with Crippen LogP contribution in [0, 0.1) is 5.92 Å². The van der Waals surface area contributed by atoms with Crippen LogP contribution in [0.15, 0.2) is 40.6 Å². The molecule has 0 amide bonds. The van der Waals surface area contributed by atoms with Gasteiger partial charge in [0, 0.05) is 31.0 Å². The van der Waals surface area contributed by atoms with E-state index in [0.29, 0.717) is 23.1 Å². The predicted molar refractivity (Wildman–Crippen MR) is 122 cm³/mol. The second-order valence-electron chi connectivity index (χ2n) is 7.07. The third-order valence-corrected chi connectivity index (χ3v) is 5.07. The largest absolute Gasteiger partial charge is 0.398 e. The van der Waals surface area contributed by atoms with E-state index >= 15 is 0 Å². The molecule has 2 atom stereocenters. The molecule has 1 rings (SSSR count). The van der Waals surface area contributed by atoms with Crippen molar-refractivity contribution in [3.8, 4) is 0 Å². The summed E-state index contributed by atoms with van der Waals surface area (Å²) in [5.74, 6) is 0.644. The molecule has 1 aliphatic heterocycles. The van der Waals surface area contributed by atoms with E-state index in [4.69, 9.17) is 34.2 Å². The summed E-state index contributed by atoms with van der Waals surface area (Å²) in [6.07, 6.45) is 8.99. The first-order chi connectivity index (χ1) is 13.4. The minimum Gasteiger partial charge on any atom is -0.398 e. The molecule has 0 aromatic heterocycles. The average molecular weight is 409 g/mol. The van der Waals surface area contributed by atoms with Crippen LogP contribution in [0.25, 0.3) is 0 Å². The fourth-order valence-electron chi connectivity index (χ4n) is 3.01. The Hall–Kier alpha value is -1.74. The van der Waals surface area contributed by atoms with Gasteiger partial charge >= 0.3 is 0 Å². The number of aliphatic imine (C=N–C) groups is 1. The first-order valence-electron chi connectivity index (χ1n) is 9.84. The van der Waals surface area contributed by atoms with Crippen molar-refractivity contribution in [1.29, 1.82) is 0 Å². The lowest BCUT2D eigenvalue weighted by Gasteiger charge is -2.24. The summed E-state index contributed by atoms with van der Waals surface area (Å²) in [7, 11) is 0. The summed E-state index contributed by atoms with van der Waals surface area (Å²) in [4.78, 5) is 4.89. The van der Waals surface area contributed by atoms with E-state index in [-0.39, 0.29) is 12.1 Å². The van der Waals surface area contributed by atoms with Crippen molar-refractivity contribution in [2.75, 3.05) is 19.8 Å².